The molecule has 0 aromatic heterocycles. The topological polar surface area (TPSA) is 20.3 Å². The van der Waals surface area contributed by atoms with Gasteiger partial charge in [0, 0.05) is 19.5 Å². The van der Waals surface area contributed by atoms with E-state index in [4.69, 9.17) is 0 Å². The number of nitrogens with zero attached hydrogens (tertiary/aromatic N) is 1. The third kappa shape index (κ3) is 3.65. The number of halogens is 1. The number of carbonyl (C=O) groups is 1. The largest absolute Gasteiger partial charge is 0.339 e. The third-order valence-corrected chi connectivity index (χ3v) is 2.86. The highest BCUT2D eigenvalue weighted by atomic mass is 19.1. The van der Waals surface area contributed by atoms with E-state index in [0.717, 1.165) is 13.0 Å². The van der Waals surface area contributed by atoms with Crippen LogP contribution in [0.25, 0.3) is 0 Å². The van der Waals surface area contributed by atoms with Crippen LogP contribution in [0.15, 0.2) is 11.6 Å². The summed E-state index contributed by atoms with van der Waals surface area (Å²) in [4.78, 5) is 13.4. The molecule has 1 amide bonds. The van der Waals surface area contributed by atoms with Crippen LogP contribution in [0.5, 0.6) is 0 Å². The van der Waals surface area contributed by atoms with E-state index in [1.807, 2.05) is 4.90 Å². The van der Waals surface area contributed by atoms with Crippen molar-refractivity contribution in [1.29, 1.82) is 0 Å². The number of alkyl halides is 1. The van der Waals surface area contributed by atoms with E-state index in [9.17, 15) is 9.18 Å². The van der Waals surface area contributed by atoms with Crippen molar-refractivity contribution in [2.75, 3.05) is 19.8 Å². The molecule has 1 aliphatic heterocycles. The van der Waals surface area contributed by atoms with Crippen LogP contribution in [0, 0.1) is 5.92 Å². The lowest BCUT2D eigenvalue weighted by molar-refractivity contribution is -0.131. The molecule has 1 aliphatic rings. The molecule has 1 rings (SSSR count). The quantitative estimate of drug-likeness (QED) is 0.657. The first-order chi connectivity index (χ1) is 7.15. The monoisotopic (exact) mass is 213 g/mol. The molecule has 0 unspecified atom stereocenters. The fraction of sp³-hybridized carbons (Fsp3) is 0.750. The van der Waals surface area contributed by atoms with Gasteiger partial charge in [0.25, 0.3) is 0 Å². The summed E-state index contributed by atoms with van der Waals surface area (Å²) in [6, 6.07) is 0. The summed E-state index contributed by atoms with van der Waals surface area (Å²) in [6.45, 7) is 5.46. The number of carbonyl (C=O) groups excluding carboxylic acids is 1. The van der Waals surface area contributed by atoms with Gasteiger partial charge in [-0.2, -0.15) is 0 Å². The molecular formula is C12H20FNO. The summed E-state index contributed by atoms with van der Waals surface area (Å²) < 4.78 is 11.9. The zero-order chi connectivity index (χ0) is 11.3. The maximum atomic E-state index is 11.9. The predicted molar refractivity (Wildman–Crippen MR) is 59.3 cm³/mol. The van der Waals surface area contributed by atoms with Crippen LogP contribution in [0.4, 0.5) is 4.39 Å². The van der Waals surface area contributed by atoms with Gasteiger partial charge in [0.05, 0.1) is 6.67 Å². The van der Waals surface area contributed by atoms with Crippen molar-refractivity contribution < 1.29 is 9.18 Å². The molecule has 86 valence electrons. The lowest BCUT2D eigenvalue weighted by Crippen LogP contribution is -2.35. The smallest absolute Gasteiger partial charge is 0.222 e. The molecule has 0 fully saturated rings. The van der Waals surface area contributed by atoms with Crippen molar-refractivity contribution in [1.82, 2.24) is 4.90 Å². The summed E-state index contributed by atoms with van der Waals surface area (Å²) in [5, 5.41) is 0. The SMILES string of the molecule is CC(C)C1=CCN(C(=O)CCCF)CC1. The maximum absolute atomic E-state index is 11.9. The molecule has 1 heterocycles. The Labute approximate surface area is 91.1 Å². The first kappa shape index (κ1) is 12.2. The minimum atomic E-state index is -0.396. The highest BCUT2D eigenvalue weighted by Crippen LogP contribution is 2.19. The Morgan fingerprint density at radius 3 is 2.80 bits per heavy atom. The Kier molecular flexibility index (Phi) is 4.79. The van der Waals surface area contributed by atoms with Crippen LogP contribution < -0.4 is 0 Å². The molecule has 0 saturated heterocycles. The van der Waals surface area contributed by atoms with Crippen LogP contribution in [-0.4, -0.2) is 30.6 Å². The number of amides is 1. The van der Waals surface area contributed by atoms with E-state index in [0.29, 0.717) is 25.3 Å². The van der Waals surface area contributed by atoms with Crippen molar-refractivity contribution in [2.24, 2.45) is 5.92 Å². The molecule has 0 atom stereocenters. The second-order valence-electron chi connectivity index (χ2n) is 4.32. The van der Waals surface area contributed by atoms with Gasteiger partial charge in [0.1, 0.15) is 0 Å². The Balaban J connectivity index is 2.39. The fourth-order valence-electron chi connectivity index (χ4n) is 1.81. The van der Waals surface area contributed by atoms with E-state index in [-0.39, 0.29) is 5.91 Å². The summed E-state index contributed by atoms with van der Waals surface area (Å²) in [5.74, 6) is 0.666. The van der Waals surface area contributed by atoms with Gasteiger partial charge in [-0.05, 0) is 18.8 Å². The van der Waals surface area contributed by atoms with Gasteiger partial charge in [0.15, 0.2) is 0 Å². The van der Waals surface area contributed by atoms with Crippen molar-refractivity contribution in [3.8, 4) is 0 Å². The molecule has 15 heavy (non-hydrogen) atoms. The van der Waals surface area contributed by atoms with E-state index in [1.54, 1.807) is 0 Å². The Morgan fingerprint density at radius 1 is 1.60 bits per heavy atom. The first-order valence-electron chi connectivity index (χ1n) is 5.67. The molecule has 0 aromatic rings. The number of hydrogen-bond donors (Lipinski definition) is 0. The zero-order valence-electron chi connectivity index (χ0n) is 9.63. The van der Waals surface area contributed by atoms with Crippen molar-refractivity contribution in [2.45, 2.75) is 33.1 Å². The minimum absolute atomic E-state index is 0.0895. The molecular weight excluding hydrogens is 193 g/mol. The molecule has 0 saturated carbocycles. The van der Waals surface area contributed by atoms with Gasteiger partial charge in [-0.3, -0.25) is 9.18 Å². The van der Waals surface area contributed by atoms with Crippen LogP contribution in [-0.2, 0) is 4.79 Å². The van der Waals surface area contributed by atoms with Crippen LogP contribution in [0.1, 0.15) is 33.1 Å². The first-order valence-corrected chi connectivity index (χ1v) is 5.67. The lowest BCUT2D eigenvalue weighted by atomic mass is 9.97. The van der Waals surface area contributed by atoms with Crippen molar-refractivity contribution in [3.63, 3.8) is 0 Å². The lowest BCUT2D eigenvalue weighted by Gasteiger charge is -2.27. The predicted octanol–water partition coefficient (Wildman–Crippen LogP) is 2.55. The van der Waals surface area contributed by atoms with Gasteiger partial charge in [-0.25, -0.2) is 0 Å². The zero-order valence-corrected chi connectivity index (χ0v) is 9.63. The number of hydrogen-bond acceptors (Lipinski definition) is 1. The summed E-state index contributed by atoms with van der Waals surface area (Å²) in [5.41, 5.74) is 1.43. The second kappa shape index (κ2) is 5.89. The summed E-state index contributed by atoms with van der Waals surface area (Å²) in [7, 11) is 0. The van der Waals surface area contributed by atoms with E-state index in [1.165, 1.54) is 5.57 Å². The molecule has 0 aromatic carbocycles. The van der Waals surface area contributed by atoms with E-state index < -0.39 is 6.67 Å². The minimum Gasteiger partial charge on any atom is -0.339 e. The second-order valence-corrected chi connectivity index (χ2v) is 4.32. The van der Waals surface area contributed by atoms with Crippen LogP contribution >= 0.6 is 0 Å². The molecule has 0 radical (unpaired) electrons. The van der Waals surface area contributed by atoms with E-state index >= 15 is 0 Å². The highest BCUT2D eigenvalue weighted by molar-refractivity contribution is 5.76. The van der Waals surface area contributed by atoms with Gasteiger partial charge in [0.2, 0.25) is 5.91 Å². The summed E-state index contributed by atoms with van der Waals surface area (Å²) in [6.07, 6.45) is 3.82. The van der Waals surface area contributed by atoms with Gasteiger partial charge in [-0.15, -0.1) is 0 Å². The standard InChI is InChI=1S/C12H20FNO/c1-10(2)11-5-8-14(9-6-11)12(15)4-3-7-13/h5,10H,3-4,6-9H2,1-2H3. The Morgan fingerprint density at radius 2 is 2.33 bits per heavy atom. The van der Waals surface area contributed by atoms with Gasteiger partial charge < -0.3 is 4.90 Å². The molecule has 0 aliphatic carbocycles. The number of rotatable bonds is 4. The molecule has 3 heteroatoms. The highest BCUT2D eigenvalue weighted by Gasteiger charge is 2.17. The Bertz CT molecular complexity index is 248. The summed E-state index contributed by atoms with van der Waals surface area (Å²) >= 11 is 0. The van der Waals surface area contributed by atoms with Crippen LogP contribution in [0.3, 0.4) is 0 Å². The van der Waals surface area contributed by atoms with Gasteiger partial charge >= 0.3 is 0 Å². The van der Waals surface area contributed by atoms with Crippen molar-refractivity contribution in [3.05, 3.63) is 11.6 Å². The van der Waals surface area contributed by atoms with Gasteiger partial charge in [-0.1, -0.05) is 25.5 Å². The molecule has 0 spiro atoms. The van der Waals surface area contributed by atoms with E-state index in [2.05, 4.69) is 19.9 Å². The molecule has 0 N–H and O–H groups in total. The normalized spacial score (nSPS) is 16.8. The molecule has 2 nitrogen and oxygen atoms in total. The third-order valence-electron chi connectivity index (χ3n) is 2.86. The molecule has 0 bridgehead atoms. The average molecular weight is 213 g/mol. The fourth-order valence-corrected chi connectivity index (χ4v) is 1.81. The average Bonchev–Trinajstić information content (AvgIpc) is 2.26. The Hall–Kier alpha value is -0.860. The van der Waals surface area contributed by atoms with Crippen molar-refractivity contribution >= 4 is 5.91 Å². The maximum Gasteiger partial charge on any atom is 0.222 e. The van der Waals surface area contributed by atoms with Crippen LogP contribution in [0.2, 0.25) is 0 Å².